The second-order valence-corrected chi connectivity index (χ2v) is 12.8. The van der Waals surface area contributed by atoms with Crippen molar-refractivity contribution in [1.82, 2.24) is 4.90 Å². The molecule has 1 heterocycles. The molecule has 1 amide bonds. The summed E-state index contributed by atoms with van der Waals surface area (Å²) < 4.78 is 27.6. The van der Waals surface area contributed by atoms with Crippen LogP contribution < -0.4 is 11.5 Å². The molecule has 0 saturated carbocycles. The van der Waals surface area contributed by atoms with E-state index in [2.05, 4.69) is 19.1 Å². The van der Waals surface area contributed by atoms with Gasteiger partial charge in [-0.15, -0.1) is 0 Å². The third kappa shape index (κ3) is 7.37. The molecule has 212 valence electrons. The number of carbonyl (C=O) groups is 1. The van der Waals surface area contributed by atoms with Crippen LogP contribution in [0.15, 0.2) is 77.7 Å². The van der Waals surface area contributed by atoms with Crippen LogP contribution in [0.2, 0.25) is 0 Å². The van der Waals surface area contributed by atoms with Crippen LogP contribution >= 0.6 is 0 Å². The highest BCUT2D eigenvalue weighted by molar-refractivity contribution is 7.91. The summed E-state index contributed by atoms with van der Waals surface area (Å²) in [6, 6.07) is 22.2. The lowest BCUT2D eigenvalue weighted by molar-refractivity contribution is -0.136. The Hall–Kier alpha value is -3.49. The van der Waals surface area contributed by atoms with Crippen molar-refractivity contribution in [1.29, 1.82) is 5.41 Å². The van der Waals surface area contributed by atoms with E-state index in [9.17, 15) is 13.2 Å². The Morgan fingerprint density at radius 2 is 1.68 bits per heavy atom. The van der Waals surface area contributed by atoms with E-state index in [0.717, 1.165) is 42.4 Å². The van der Waals surface area contributed by atoms with Crippen LogP contribution in [-0.4, -0.2) is 50.4 Å². The van der Waals surface area contributed by atoms with Crippen molar-refractivity contribution in [3.63, 3.8) is 0 Å². The maximum atomic E-state index is 13.8. The number of hydrogen-bond acceptors (Lipinski definition) is 5. The second-order valence-electron chi connectivity index (χ2n) is 10.7. The van der Waals surface area contributed by atoms with Gasteiger partial charge < -0.3 is 16.4 Å². The second kappa shape index (κ2) is 13.2. The zero-order valence-electron chi connectivity index (χ0n) is 23.2. The van der Waals surface area contributed by atoms with Crippen molar-refractivity contribution >= 4 is 21.6 Å². The van der Waals surface area contributed by atoms with Gasteiger partial charge in [0.25, 0.3) is 0 Å². The Morgan fingerprint density at radius 3 is 2.33 bits per heavy atom. The number of likely N-dealkylation sites (tertiary alicyclic amines) is 1. The molecular formula is C32H40N4O3S. The number of rotatable bonds is 11. The predicted octanol–water partition coefficient (Wildman–Crippen LogP) is 4.42. The van der Waals surface area contributed by atoms with E-state index in [4.69, 9.17) is 16.9 Å². The summed E-state index contributed by atoms with van der Waals surface area (Å²) in [5.74, 6) is -0.766. The first-order chi connectivity index (χ1) is 19.2. The number of aryl methyl sites for hydroxylation is 1. The Labute approximate surface area is 238 Å². The molecule has 7 nitrogen and oxygen atoms in total. The number of amides is 1. The van der Waals surface area contributed by atoms with Crippen LogP contribution in [0.25, 0.3) is 11.1 Å². The molecule has 0 aliphatic carbocycles. The van der Waals surface area contributed by atoms with Gasteiger partial charge in [0.1, 0.15) is 5.84 Å². The van der Waals surface area contributed by atoms with E-state index >= 15 is 0 Å². The normalized spacial score (nSPS) is 15.1. The third-order valence-corrected chi connectivity index (χ3v) is 9.69. The molecular weight excluding hydrogens is 520 g/mol. The molecule has 8 heteroatoms. The molecule has 3 aromatic rings. The molecule has 0 aromatic heterocycles. The monoisotopic (exact) mass is 560 g/mol. The molecule has 1 unspecified atom stereocenters. The highest BCUT2D eigenvalue weighted by Gasteiger charge is 2.32. The van der Waals surface area contributed by atoms with E-state index in [0.29, 0.717) is 31.1 Å². The van der Waals surface area contributed by atoms with Crippen molar-refractivity contribution in [3.8, 4) is 11.1 Å². The zero-order valence-corrected chi connectivity index (χ0v) is 24.0. The van der Waals surface area contributed by atoms with Gasteiger partial charge in [-0.2, -0.15) is 0 Å². The van der Waals surface area contributed by atoms with Gasteiger partial charge in [0, 0.05) is 18.7 Å². The maximum Gasteiger partial charge on any atom is 0.227 e. The van der Waals surface area contributed by atoms with Crippen LogP contribution in [0, 0.1) is 17.2 Å². The predicted molar refractivity (Wildman–Crippen MR) is 161 cm³/mol. The fourth-order valence-electron chi connectivity index (χ4n) is 5.47. The molecule has 1 atom stereocenters. The summed E-state index contributed by atoms with van der Waals surface area (Å²) in [7, 11) is -3.78. The standard InChI is InChI=1S/C32H40N4O3S/c1-2-23-9-11-26(12-10-23)27-6-4-8-30(21-27)40(38,39)22-29(20-25-5-3-7-28(19-25)31(34)35)32(37)36-17-14-24(13-16-33)15-18-36/h3-12,19,21,24,29H,2,13-18,20,22,33H2,1H3,(H3,34,35). The molecule has 1 fully saturated rings. The van der Waals surface area contributed by atoms with Gasteiger partial charge in [-0.05, 0) is 85.0 Å². The molecule has 0 radical (unpaired) electrons. The van der Waals surface area contributed by atoms with Gasteiger partial charge in [-0.25, -0.2) is 8.42 Å². The highest BCUT2D eigenvalue weighted by atomic mass is 32.2. The number of piperidine rings is 1. The topological polar surface area (TPSA) is 130 Å². The van der Waals surface area contributed by atoms with Crippen molar-refractivity contribution in [2.24, 2.45) is 23.3 Å². The first-order valence-corrected chi connectivity index (χ1v) is 15.7. The van der Waals surface area contributed by atoms with E-state index in [1.165, 1.54) is 5.56 Å². The third-order valence-electron chi connectivity index (χ3n) is 7.88. The van der Waals surface area contributed by atoms with E-state index in [1.54, 1.807) is 36.4 Å². The fraction of sp³-hybridized carbons (Fsp3) is 0.375. The molecule has 0 spiro atoms. The Balaban J connectivity index is 1.60. The van der Waals surface area contributed by atoms with Crippen molar-refractivity contribution < 1.29 is 13.2 Å². The molecule has 1 saturated heterocycles. The molecule has 1 aliphatic heterocycles. The van der Waals surface area contributed by atoms with E-state index < -0.39 is 15.8 Å². The van der Waals surface area contributed by atoms with Gasteiger partial charge in [-0.1, -0.05) is 61.5 Å². The van der Waals surface area contributed by atoms with E-state index in [1.807, 2.05) is 29.2 Å². The molecule has 3 aromatic carbocycles. The maximum absolute atomic E-state index is 13.8. The van der Waals surface area contributed by atoms with Crippen molar-refractivity contribution in [3.05, 3.63) is 89.5 Å². The Morgan fingerprint density at radius 1 is 0.975 bits per heavy atom. The Bertz CT molecular complexity index is 1430. The number of nitrogen functional groups attached to an aromatic ring is 1. The summed E-state index contributed by atoms with van der Waals surface area (Å²) in [5, 5.41) is 7.78. The molecule has 40 heavy (non-hydrogen) atoms. The van der Waals surface area contributed by atoms with Crippen LogP contribution in [0.1, 0.15) is 42.9 Å². The van der Waals surface area contributed by atoms with Crippen LogP contribution in [-0.2, 0) is 27.5 Å². The van der Waals surface area contributed by atoms with E-state index in [-0.39, 0.29) is 28.8 Å². The number of nitrogens with zero attached hydrogens (tertiary/aromatic N) is 1. The number of sulfone groups is 1. The number of hydrogen-bond donors (Lipinski definition) is 3. The minimum absolute atomic E-state index is 0.0666. The smallest absolute Gasteiger partial charge is 0.227 e. The van der Waals surface area contributed by atoms with Gasteiger partial charge in [-0.3, -0.25) is 10.2 Å². The number of nitrogens with two attached hydrogens (primary N) is 2. The zero-order chi connectivity index (χ0) is 28.7. The SMILES string of the molecule is CCc1ccc(-c2cccc(S(=O)(=O)CC(Cc3cccc(C(=N)N)c3)C(=O)N3CCC(CCN)CC3)c2)cc1. The lowest BCUT2D eigenvalue weighted by Gasteiger charge is -2.34. The summed E-state index contributed by atoms with van der Waals surface area (Å²) in [6.45, 7) is 3.94. The van der Waals surface area contributed by atoms with Gasteiger partial charge >= 0.3 is 0 Å². The quantitative estimate of drug-likeness (QED) is 0.236. The minimum atomic E-state index is -3.78. The minimum Gasteiger partial charge on any atom is -0.384 e. The summed E-state index contributed by atoms with van der Waals surface area (Å²) >= 11 is 0. The number of carbonyl (C=O) groups excluding carboxylic acids is 1. The Kier molecular flexibility index (Phi) is 9.76. The average Bonchev–Trinajstić information content (AvgIpc) is 2.97. The summed E-state index contributed by atoms with van der Waals surface area (Å²) in [4.78, 5) is 15.8. The first-order valence-electron chi connectivity index (χ1n) is 14.0. The lowest BCUT2D eigenvalue weighted by Crippen LogP contribution is -2.44. The number of nitrogens with one attached hydrogen (secondary N) is 1. The number of amidine groups is 1. The van der Waals surface area contributed by atoms with Crippen LogP contribution in [0.4, 0.5) is 0 Å². The van der Waals surface area contributed by atoms with Crippen LogP contribution in [0.3, 0.4) is 0 Å². The van der Waals surface area contributed by atoms with Gasteiger partial charge in [0.2, 0.25) is 5.91 Å². The summed E-state index contributed by atoms with van der Waals surface area (Å²) in [5.41, 5.74) is 15.7. The van der Waals surface area contributed by atoms with Crippen molar-refractivity contribution in [2.45, 2.75) is 43.9 Å². The summed E-state index contributed by atoms with van der Waals surface area (Å²) in [6.07, 6.45) is 3.88. The van der Waals surface area contributed by atoms with Gasteiger partial charge in [0.05, 0.1) is 16.6 Å². The number of benzene rings is 3. The fourth-order valence-corrected chi connectivity index (χ4v) is 7.04. The molecule has 4 rings (SSSR count). The van der Waals surface area contributed by atoms with Gasteiger partial charge in [0.15, 0.2) is 9.84 Å². The molecule has 5 N–H and O–H groups in total. The first kappa shape index (κ1) is 29.5. The molecule has 0 bridgehead atoms. The van der Waals surface area contributed by atoms with Crippen LogP contribution in [0.5, 0.6) is 0 Å². The average molecular weight is 561 g/mol. The lowest BCUT2D eigenvalue weighted by atomic mass is 9.92. The highest BCUT2D eigenvalue weighted by Crippen LogP contribution is 2.27. The molecule has 1 aliphatic rings. The largest absolute Gasteiger partial charge is 0.384 e. The van der Waals surface area contributed by atoms with Crippen molar-refractivity contribution in [2.75, 3.05) is 25.4 Å².